The lowest BCUT2D eigenvalue weighted by Gasteiger charge is -2.15. The second-order valence-corrected chi connectivity index (χ2v) is 6.93. The number of benzene rings is 2. The van der Waals surface area contributed by atoms with E-state index in [4.69, 9.17) is 4.99 Å². The first-order valence-corrected chi connectivity index (χ1v) is 9.60. The molecule has 2 N–H and O–H groups in total. The number of nitrogens with zero attached hydrogens (tertiary/aromatic N) is 2. The number of rotatable bonds is 5. The van der Waals surface area contributed by atoms with Gasteiger partial charge in [-0.05, 0) is 29.2 Å². The number of para-hydroxylation sites is 1. The molecule has 26 heavy (non-hydrogen) atoms. The van der Waals surface area contributed by atoms with Crippen molar-refractivity contribution in [3.05, 3.63) is 65.2 Å². The first-order valence-electron chi connectivity index (χ1n) is 8.61. The van der Waals surface area contributed by atoms with Crippen molar-refractivity contribution in [2.24, 2.45) is 10.1 Å². The van der Waals surface area contributed by atoms with Crippen molar-refractivity contribution < 1.29 is 4.79 Å². The first kappa shape index (κ1) is 18.2. The van der Waals surface area contributed by atoms with Crippen LogP contribution in [0.5, 0.6) is 0 Å². The maximum Gasteiger partial charge on any atom is 0.217 e. The van der Waals surface area contributed by atoms with E-state index in [1.54, 1.807) is 11.8 Å². The molecule has 1 aliphatic heterocycles. The zero-order valence-corrected chi connectivity index (χ0v) is 15.8. The highest BCUT2D eigenvalue weighted by Gasteiger charge is 2.13. The van der Waals surface area contributed by atoms with Gasteiger partial charge < -0.3 is 5.32 Å². The van der Waals surface area contributed by atoms with Gasteiger partial charge in [0.25, 0.3) is 0 Å². The number of hydrogen-bond acceptors (Lipinski definition) is 4. The van der Waals surface area contributed by atoms with Gasteiger partial charge in [0.05, 0.1) is 11.4 Å². The number of hydrazone groups is 1. The van der Waals surface area contributed by atoms with E-state index in [2.05, 4.69) is 28.8 Å². The third kappa shape index (κ3) is 4.73. The van der Waals surface area contributed by atoms with E-state index in [0.717, 1.165) is 39.9 Å². The number of aliphatic imine (C=N–C) groups is 1. The summed E-state index contributed by atoms with van der Waals surface area (Å²) in [6, 6.07) is 16.3. The minimum absolute atomic E-state index is 0.0252. The molecule has 0 aliphatic carbocycles. The van der Waals surface area contributed by atoms with Crippen LogP contribution in [0.4, 0.5) is 5.69 Å². The fraction of sp³-hybridized carbons (Fsp3) is 0.250. The number of aryl methyl sites for hydroxylation is 1. The van der Waals surface area contributed by atoms with Gasteiger partial charge >= 0.3 is 0 Å². The van der Waals surface area contributed by atoms with Crippen LogP contribution in [-0.2, 0) is 17.8 Å². The number of nitrogens with one attached hydrogen (secondary N) is 2. The summed E-state index contributed by atoms with van der Waals surface area (Å²) >= 11 is 1.65. The summed E-state index contributed by atoms with van der Waals surface area (Å²) in [6.45, 7) is 4.20. The normalized spacial score (nSPS) is 15.3. The fourth-order valence-electron chi connectivity index (χ4n) is 2.59. The van der Waals surface area contributed by atoms with Crippen LogP contribution < -0.4 is 10.7 Å². The molecule has 3 rings (SSSR count). The largest absolute Gasteiger partial charge is 0.352 e. The SMILES string of the molecule is CCc1ccccc1N=C1NN=C(c2ccc(CNC(C)=O)cc2)CS1. The van der Waals surface area contributed by atoms with Crippen molar-refractivity contribution >= 4 is 34.2 Å². The molecular formula is C20H22N4OS. The second kappa shape index (κ2) is 8.67. The quantitative estimate of drug-likeness (QED) is 0.849. The van der Waals surface area contributed by atoms with Gasteiger partial charge in [-0.3, -0.25) is 10.2 Å². The zero-order chi connectivity index (χ0) is 18.4. The van der Waals surface area contributed by atoms with Crippen molar-refractivity contribution in [3.8, 4) is 0 Å². The van der Waals surface area contributed by atoms with Crippen LogP contribution >= 0.6 is 11.8 Å². The van der Waals surface area contributed by atoms with Crippen molar-refractivity contribution in [2.75, 3.05) is 5.75 Å². The van der Waals surface area contributed by atoms with Crippen LogP contribution in [0, 0.1) is 0 Å². The van der Waals surface area contributed by atoms with Crippen molar-refractivity contribution in [3.63, 3.8) is 0 Å². The summed E-state index contributed by atoms with van der Waals surface area (Å²) in [6.07, 6.45) is 0.955. The Morgan fingerprint density at radius 1 is 1.23 bits per heavy atom. The molecule has 134 valence electrons. The summed E-state index contributed by atoms with van der Waals surface area (Å²) in [5.41, 5.74) is 8.42. The summed E-state index contributed by atoms with van der Waals surface area (Å²) in [4.78, 5) is 15.7. The molecule has 1 amide bonds. The highest BCUT2D eigenvalue weighted by Crippen LogP contribution is 2.22. The molecule has 1 aliphatic rings. The van der Waals surface area contributed by atoms with Crippen LogP contribution in [0.3, 0.4) is 0 Å². The first-order chi connectivity index (χ1) is 12.7. The van der Waals surface area contributed by atoms with Gasteiger partial charge in [-0.2, -0.15) is 5.10 Å². The summed E-state index contributed by atoms with van der Waals surface area (Å²) in [5.74, 6) is 0.744. The van der Waals surface area contributed by atoms with Crippen molar-refractivity contribution in [1.82, 2.24) is 10.7 Å². The Labute approximate surface area is 158 Å². The van der Waals surface area contributed by atoms with Gasteiger partial charge in [-0.1, -0.05) is 61.2 Å². The molecule has 0 radical (unpaired) electrons. The van der Waals surface area contributed by atoms with E-state index in [0.29, 0.717) is 6.54 Å². The van der Waals surface area contributed by atoms with Gasteiger partial charge in [0.1, 0.15) is 0 Å². The number of thioether (sulfide) groups is 1. The van der Waals surface area contributed by atoms with E-state index in [1.807, 2.05) is 42.5 Å². The Hall–Kier alpha value is -2.60. The smallest absolute Gasteiger partial charge is 0.217 e. The molecule has 5 nitrogen and oxygen atoms in total. The maximum absolute atomic E-state index is 11.0. The molecule has 2 aromatic rings. The third-order valence-corrected chi connectivity index (χ3v) is 4.93. The highest BCUT2D eigenvalue weighted by molar-refractivity contribution is 8.14. The van der Waals surface area contributed by atoms with E-state index in [1.165, 1.54) is 12.5 Å². The Morgan fingerprint density at radius 3 is 2.65 bits per heavy atom. The Morgan fingerprint density at radius 2 is 2.00 bits per heavy atom. The number of carbonyl (C=O) groups is 1. The lowest BCUT2D eigenvalue weighted by molar-refractivity contribution is -0.119. The number of hydrogen-bond donors (Lipinski definition) is 2. The molecule has 2 aromatic carbocycles. The van der Waals surface area contributed by atoms with Crippen LogP contribution in [0.25, 0.3) is 0 Å². The van der Waals surface area contributed by atoms with Gasteiger partial charge in [0.15, 0.2) is 5.17 Å². The standard InChI is InChI=1S/C20H22N4OS/c1-3-16-6-4-5-7-18(16)22-20-24-23-19(13-26-20)17-10-8-15(9-11-17)12-21-14(2)25/h4-11H,3,12-13H2,1-2H3,(H,21,25)(H,22,24). The molecular weight excluding hydrogens is 344 g/mol. The monoisotopic (exact) mass is 366 g/mol. The molecule has 0 unspecified atom stereocenters. The Balaban J connectivity index is 1.67. The zero-order valence-electron chi connectivity index (χ0n) is 15.0. The molecule has 6 heteroatoms. The summed E-state index contributed by atoms with van der Waals surface area (Å²) in [5, 5.41) is 8.10. The van der Waals surface area contributed by atoms with E-state index < -0.39 is 0 Å². The predicted molar refractivity (Wildman–Crippen MR) is 109 cm³/mol. The van der Waals surface area contributed by atoms with Gasteiger partial charge in [0, 0.05) is 19.2 Å². The molecule has 1 heterocycles. The summed E-state index contributed by atoms with van der Waals surface area (Å²) < 4.78 is 0. The Kier molecular flexibility index (Phi) is 6.07. The highest BCUT2D eigenvalue weighted by atomic mass is 32.2. The minimum atomic E-state index is -0.0252. The van der Waals surface area contributed by atoms with Crippen LogP contribution in [0.2, 0.25) is 0 Å². The van der Waals surface area contributed by atoms with E-state index in [9.17, 15) is 4.79 Å². The second-order valence-electron chi connectivity index (χ2n) is 5.96. The van der Waals surface area contributed by atoms with Gasteiger partial charge in [-0.15, -0.1) is 0 Å². The molecule has 0 spiro atoms. The number of carbonyl (C=O) groups excluding carboxylic acids is 1. The van der Waals surface area contributed by atoms with Crippen molar-refractivity contribution in [1.29, 1.82) is 0 Å². The maximum atomic E-state index is 11.0. The number of amides is 1. The van der Waals surface area contributed by atoms with Crippen LogP contribution in [0.1, 0.15) is 30.5 Å². The average Bonchev–Trinajstić information content (AvgIpc) is 2.68. The third-order valence-electron chi connectivity index (χ3n) is 4.06. The van der Waals surface area contributed by atoms with Crippen LogP contribution in [-0.4, -0.2) is 22.5 Å². The van der Waals surface area contributed by atoms with Crippen molar-refractivity contribution in [2.45, 2.75) is 26.8 Å². The fourth-order valence-corrected chi connectivity index (χ4v) is 3.37. The minimum Gasteiger partial charge on any atom is -0.352 e. The van der Waals surface area contributed by atoms with Gasteiger partial charge in [0.2, 0.25) is 5.91 Å². The summed E-state index contributed by atoms with van der Waals surface area (Å²) in [7, 11) is 0. The molecule has 0 aromatic heterocycles. The lowest BCUT2D eigenvalue weighted by atomic mass is 10.1. The topological polar surface area (TPSA) is 65.8 Å². The molecule has 0 bridgehead atoms. The molecule has 0 saturated carbocycles. The van der Waals surface area contributed by atoms with Crippen LogP contribution in [0.15, 0.2) is 58.6 Å². The average molecular weight is 366 g/mol. The lowest BCUT2D eigenvalue weighted by Crippen LogP contribution is -2.25. The van der Waals surface area contributed by atoms with E-state index in [-0.39, 0.29) is 5.91 Å². The molecule has 0 fully saturated rings. The Bertz CT molecular complexity index is 843. The predicted octanol–water partition coefficient (Wildman–Crippen LogP) is 3.61. The van der Waals surface area contributed by atoms with E-state index >= 15 is 0 Å². The molecule has 0 saturated heterocycles. The number of amidine groups is 1. The van der Waals surface area contributed by atoms with Gasteiger partial charge in [-0.25, -0.2) is 4.99 Å². The molecule has 0 atom stereocenters.